The molecule has 0 aliphatic heterocycles. The first kappa shape index (κ1) is 20.0. The molecule has 3 aromatic rings. The van der Waals surface area contributed by atoms with E-state index in [0.29, 0.717) is 18.2 Å². The fourth-order valence-corrected chi connectivity index (χ4v) is 3.08. The summed E-state index contributed by atoms with van der Waals surface area (Å²) in [5.41, 5.74) is 4.33. The molecule has 144 valence electrons. The molecule has 0 aliphatic rings. The number of thiocarbonyl (C=S) groups is 1. The molecule has 0 bridgehead atoms. The number of nitrogens with one attached hydrogen (secondary N) is 1. The zero-order chi connectivity index (χ0) is 20.0. The highest BCUT2D eigenvalue weighted by Gasteiger charge is 2.15. The zero-order valence-corrected chi connectivity index (χ0v) is 17.4. The van der Waals surface area contributed by atoms with Gasteiger partial charge in [-0.1, -0.05) is 45.0 Å². The highest BCUT2D eigenvalue weighted by molar-refractivity contribution is 7.80. The third-order valence-corrected chi connectivity index (χ3v) is 4.81. The van der Waals surface area contributed by atoms with Gasteiger partial charge in [0.2, 0.25) is 0 Å². The monoisotopic (exact) mass is 390 g/mol. The maximum atomic E-state index is 5.72. The number of aromatic nitrogens is 2. The Hall–Kier alpha value is -2.79. The minimum atomic E-state index is 0.128. The fourth-order valence-electron chi connectivity index (χ4n) is 2.83. The summed E-state index contributed by atoms with van der Waals surface area (Å²) >= 11 is 5.72. The second-order valence-electron chi connectivity index (χ2n) is 7.76. The van der Waals surface area contributed by atoms with Gasteiger partial charge in [0.05, 0.1) is 24.5 Å². The van der Waals surface area contributed by atoms with Gasteiger partial charge in [-0.2, -0.15) is 0 Å². The van der Waals surface area contributed by atoms with E-state index in [1.54, 1.807) is 12.4 Å². The minimum Gasteiger partial charge on any atom is -0.337 e. The summed E-state index contributed by atoms with van der Waals surface area (Å²) in [7, 11) is 0. The van der Waals surface area contributed by atoms with Crippen molar-refractivity contribution in [1.82, 2.24) is 14.9 Å². The Kier molecular flexibility index (Phi) is 6.37. The Morgan fingerprint density at radius 3 is 1.82 bits per heavy atom. The molecule has 0 radical (unpaired) electrons. The van der Waals surface area contributed by atoms with Crippen LogP contribution >= 0.6 is 12.2 Å². The van der Waals surface area contributed by atoms with Gasteiger partial charge >= 0.3 is 0 Å². The van der Waals surface area contributed by atoms with E-state index in [1.165, 1.54) is 5.56 Å². The second kappa shape index (κ2) is 8.93. The van der Waals surface area contributed by atoms with Crippen LogP contribution in [0, 0.1) is 0 Å². The Balaban J connectivity index is 1.75. The standard InChI is InChI=1S/C23H26N4S/c1-23(2,3)18-10-12-19(13-11-18)26-22(28)27(16-20-8-4-6-14-24-20)17-21-9-5-7-15-25-21/h4-15H,16-17H2,1-3H3,(H,26,28). The highest BCUT2D eigenvalue weighted by Crippen LogP contribution is 2.23. The van der Waals surface area contributed by atoms with E-state index in [9.17, 15) is 0 Å². The van der Waals surface area contributed by atoms with Gasteiger partial charge in [0.25, 0.3) is 0 Å². The van der Waals surface area contributed by atoms with Gasteiger partial charge in [-0.25, -0.2) is 0 Å². The summed E-state index contributed by atoms with van der Waals surface area (Å²) in [6, 6.07) is 20.3. The second-order valence-corrected chi connectivity index (χ2v) is 8.14. The molecule has 1 N–H and O–H groups in total. The predicted octanol–water partition coefficient (Wildman–Crippen LogP) is 5.17. The van der Waals surface area contributed by atoms with Crippen molar-refractivity contribution in [2.45, 2.75) is 39.3 Å². The van der Waals surface area contributed by atoms with Crippen LogP contribution in [-0.2, 0) is 18.5 Å². The van der Waals surface area contributed by atoms with E-state index < -0.39 is 0 Å². The molecule has 0 amide bonds. The third kappa shape index (κ3) is 5.60. The van der Waals surface area contributed by atoms with Crippen molar-refractivity contribution in [3.05, 3.63) is 90.0 Å². The first-order chi connectivity index (χ1) is 13.4. The Bertz CT molecular complexity index is 846. The maximum Gasteiger partial charge on any atom is 0.174 e. The van der Waals surface area contributed by atoms with Gasteiger partial charge in [-0.15, -0.1) is 0 Å². The van der Waals surface area contributed by atoms with Crippen LogP contribution in [-0.4, -0.2) is 20.0 Å². The molecule has 3 rings (SSSR count). The lowest BCUT2D eigenvalue weighted by Gasteiger charge is -2.26. The van der Waals surface area contributed by atoms with Crippen LogP contribution in [0.1, 0.15) is 37.7 Å². The number of hydrogen-bond acceptors (Lipinski definition) is 3. The van der Waals surface area contributed by atoms with Crippen molar-refractivity contribution < 1.29 is 0 Å². The highest BCUT2D eigenvalue weighted by atomic mass is 32.1. The summed E-state index contributed by atoms with van der Waals surface area (Å²) in [5.74, 6) is 0. The molecule has 28 heavy (non-hydrogen) atoms. The van der Waals surface area contributed by atoms with Crippen molar-refractivity contribution in [1.29, 1.82) is 0 Å². The molecule has 2 aromatic heterocycles. The number of benzene rings is 1. The van der Waals surface area contributed by atoms with E-state index in [1.807, 2.05) is 36.4 Å². The smallest absolute Gasteiger partial charge is 0.174 e. The number of rotatable bonds is 5. The van der Waals surface area contributed by atoms with Crippen molar-refractivity contribution >= 4 is 23.0 Å². The average molecular weight is 391 g/mol. The van der Waals surface area contributed by atoms with E-state index in [-0.39, 0.29) is 5.41 Å². The Morgan fingerprint density at radius 2 is 1.39 bits per heavy atom. The molecule has 0 unspecified atom stereocenters. The summed E-state index contributed by atoms with van der Waals surface area (Å²) in [6.45, 7) is 7.86. The van der Waals surface area contributed by atoms with E-state index in [4.69, 9.17) is 12.2 Å². The van der Waals surface area contributed by atoms with Gasteiger partial charge in [0, 0.05) is 18.1 Å². The first-order valence-corrected chi connectivity index (χ1v) is 9.79. The van der Waals surface area contributed by atoms with Crippen molar-refractivity contribution in [3.8, 4) is 0 Å². The predicted molar refractivity (Wildman–Crippen MR) is 119 cm³/mol. The van der Waals surface area contributed by atoms with E-state index >= 15 is 0 Å². The summed E-state index contributed by atoms with van der Waals surface area (Å²) in [5, 5.41) is 4.02. The molecular formula is C23H26N4S. The fraction of sp³-hybridized carbons (Fsp3) is 0.261. The summed E-state index contributed by atoms with van der Waals surface area (Å²) in [4.78, 5) is 11.0. The molecule has 0 saturated carbocycles. The lowest BCUT2D eigenvalue weighted by Crippen LogP contribution is -2.34. The van der Waals surface area contributed by atoms with Gasteiger partial charge in [0.1, 0.15) is 0 Å². The molecule has 2 heterocycles. The Labute approximate surface area is 172 Å². The normalized spacial score (nSPS) is 11.1. The molecule has 5 heteroatoms. The van der Waals surface area contributed by atoms with Crippen molar-refractivity contribution in [3.63, 3.8) is 0 Å². The van der Waals surface area contributed by atoms with Crippen LogP contribution in [0.2, 0.25) is 0 Å². The molecule has 4 nitrogen and oxygen atoms in total. The molecule has 1 aromatic carbocycles. The molecule has 0 atom stereocenters. The topological polar surface area (TPSA) is 41.0 Å². The van der Waals surface area contributed by atoms with Gasteiger partial charge < -0.3 is 10.2 Å². The summed E-state index contributed by atoms with van der Waals surface area (Å²) in [6.07, 6.45) is 3.60. The van der Waals surface area contributed by atoms with Crippen LogP contribution in [0.5, 0.6) is 0 Å². The zero-order valence-electron chi connectivity index (χ0n) is 16.6. The average Bonchev–Trinajstić information content (AvgIpc) is 2.69. The number of hydrogen-bond donors (Lipinski definition) is 1. The van der Waals surface area contributed by atoms with E-state index in [0.717, 1.165) is 17.1 Å². The largest absolute Gasteiger partial charge is 0.337 e. The van der Waals surface area contributed by atoms with Crippen molar-refractivity contribution in [2.24, 2.45) is 0 Å². The summed E-state index contributed by atoms with van der Waals surface area (Å²) < 4.78 is 0. The van der Waals surface area contributed by atoms with Crippen LogP contribution in [0.3, 0.4) is 0 Å². The first-order valence-electron chi connectivity index (χ1n) is 9.38. The number of nitrogens with zero attached hydrogens (tertiary/aromatic N) is 3. The van der Waals surface area contributed by atoms with Crippen molar-refractivity contribution in [2.75, 3.05) is 5.32 Å². The SMILES string of the molecule is CC(C)(C)c1ccc(NC(=S)N(Cc2ccccn2)Cc2ccccn2)cc1. The molecular weight excluding hydrogens is 364 g/mol. The minimum absolute atomic E-state index is 0.128. The maximum absolute atomic E-state index is 5.72. The third-order valence-electron chi connectivity index (χ3n) is 4.45. The molecule has 0 saturated heterocycles. The number of pyridine rings is 2. The molecule has 0 fully saturated rings. The van der Waals surface area contributed by atoms with Crippen LogP contribution < -0.4 is 5.32 Å². The Morgan fingerprint density at radius 1 is 0.857 bits per heavy atom. The lowest BCUT2D eigenvalue weighted by molar-refractivity contribution is 0.402. The number of anilines is 1. The van der Waals surface area contributed by atoms with Crippen LogP contribution in [0.4, 0.5) is 5.69 Å². The van der Waals surface area contributed by atoms with E-state index in [2.05, 4.69) is 65.2 Å². The lowest BCUT2D eigenvalue weighted by atomic mass is 9.87. The van der Waals surface area contributed by atoms with Gasteiger partial charge in [-0.05, 0) is 59.6 Å². The molecule has 0 spiro atoms. The van der Waals surface area contributed by atoms with Crippen LogP contribution in [0.25, 0.3) is 0 Å². The quantitative estimate of drug-likeness (QED) is 0.609. The van der Waals surface area contributed by atoms with Gasteiger partial charge in [0.15, 0.2) is 5.11 Å². The van der Waals surface area contributed by atoms with Crippen LogP contribution in [0.15, 0.2) is 73.1 Å². The van der Waals surface area contributed by atoms with Gasteiger partial charge in [-0.3, -0.25) is 9.97 Å². The molecule has 0 aliphatic carbocycles.